The van der Waals surface area contributed by atoms with Gasteiger partial charge in [-0.3, -0.25) is 4.79 Å². The van der Waals surface area contributed by atoms with Gasteiger partial charge in [0.1, 0.15) is 6.04 Å². The highest BCUT2D eigenvalue weighted by atomic mass is 35.5. The van der Waals surface area contributed by atoms with E-state index in [0.29, 0.717) is 10.6 Å². The summed E-state index contributed by atoms with van der Waals surface area (Å²) in [5.41, 5.74) is 0.663. The Kier molecular flexibility index (Phi) is 4.81. The van der Waals surface area contributed by atoms with E-state index in [9.17, 15) is 10.1 Å². The number of rotatable bonds is 3. The summed E-state index contributed by atoms with van der Waals surface area (Å²) in [5, 5.41) is 12.5. The van der Waals surface area contributed by atoms with Crippen LogP contribution in [0.15, 0.2) is 24.3 Å². The maximum absolute atomic E-state index is 12.1. The summed E-state index contributed by atoms with van der Waals surface area (Å²) < 4.78 is 0. The lowest BCUT2D eigenvalue weighted by atomic mass is 9.88. The summed E-state index contributed by atoms with van der Waals surface area (Å²) in [4.78, 5) is 12.1. The quantitative estimate of drug-likeness (QED) is 0.917. The molecule has 1 N–H and O–H groups in total. The molecule has 4 heteroatoms. The molecule has 1 unspecified atom stereocenters. The van der Waals surface area contributed by atoms with Crippen LogP contribution in [0.4, 0.5) is 0 Å². The van der Waals surface area contributed by atoms with Crippen LogP contribution in [0, 0.1) is 17.2 Å². The number of hydrogen-bond acceptors (Lipinski definition) is 2. The second kappa shape index (κ2) is 6.58. The zero-order valence-electron chi connectivity index (χ0n) is 10.7. The molecule has 1 saturated carbocycles. The van der Waals surface area contributed by atoms with Gasteiger partial charge in [0.2, 0.25) is 5.91 Å². The topological polar surface area (TPSA) is 52.9 Å². The summed E-state index contributed by atoms with van der Waals surface area (Å²) in [6.07, 6.45) is 5.25. The fraction of sp³-hybridized carbons (Fsp3) is 0.467. The van der Waals surface area contributed by atoms with Crippen molar-refractivity contribution in [2.45, 2.75) is 38.1 Å². The molecule has 0 saturated heterocycles. The first-order valence-corrected chi connectivity index (χ1v) is 7.04. The van der Waals surface area contributed by atoms with Gasteiger partial charge in [-0.1, -0.05) is 49.1 Å². The molecule has 1 fully saturated rings. The molecule has 0 heterocycles. The summed E-state index contributed by atoms with van der Waals surface area (Å²) in [5.74, 6) is 0.0262. The second-order valence-electron chi connectivity index (χ2n) is 4.93. The van der Waals surface area contributed by atoms with E-state index in [2.05, 4.69) is 11.4 Å². The van der Waals surface area contributed by atoms with E-state index in [1.165, 1.54) is 6.42 Å². The van der Waals surface area contributed by atoms with E-state index in [4.69, 9.17) is 11.6 Å². The Morgan fingerprint density at radius 3 is 2.63 bits per heavy atom. The Balaban J connectivity index is 2.05. The van der Waals surface area contributed by atoms with Gasteiger partial charge < -0.3 is 5.32 Å². The molecule has 0 bridgehead atoms. The minimum Gasteiger partial charge on any atom is -0.336 e. The number of halogens is 1. The monoisotopic (exact) mass is 276 g/mol. The van der Waals surface area contributed by atoms with Crippen molar-refractivity contribution >= 4 is 17.5 Å². The summed E-state index contributed by atoms with van der Waals surface area (Å²) in [7, 11) is 0. The normalized spacial score (nSPS) is 17.5. The van der Waals surface area contributed by atoms with Crippen LogP contribution in [-0.2, 0) is 4.79 Å². The Morgan fingerprint density at radius 1 is 1.32 bits per heavy atom. The summed E-state index contributed by atoms with van der Waals surface area (Å²) in [6, 6.07) is 8.58. The third kappa shape index (κ3) is 3.48. The summed E-state index contributed by atoms with van der Waals surface area (Å²) in [6.45, 7) is 0. The van der Waals surface area contributed by atoms with Crippen molar-refractivity contribution in [3.8, 4) is 6.07 Å². The Hall–Kier alpha value is -1.53. The van der Waals surface area contributed by atoms with Crippen LogP contribution in [0.2, 0.25) is 5.02 Å². The lowest BCUT2D eigenvalue weighted by Gasteiger charge is -2.22. The number of amides is 1. The molecule has 1 aromatic rings. The lowest BCUT2D eigenvalue weighted by molar-refractivity contribution is -0.126. The van der Waals surface area contributed by atoms with Gasteiger partial charge in [-0.2, -0.15) is 5.26 Å². The first-order valence-electron chi connectivity index (χ1n) is 6.67. The molecular formula is C15H17ClN2O. The van der Waals surface area contributed by atoms with Gasteiger partial charge in [0.25, 0.3) is 0 Å². The predicted molar refractivity (Wildman–Crippen MR) is 74.5 cm³/mol. The van der Waals surface area contributed by atoms with Crippen LogP contribution in [0.25, 0.3) is 0 Å². The molecular weight excluding hydrogens is 260 g/mol. The van der Waals surface area contributed by atoms with Crippen molar-refractivity contribution in [2.24, 2.45) is 5.92 Å². The maximum atomic E-state index is 12.1. The van der Waals surface area contributed by atoms with Gasteiger partial charge in [-0.05, 0) is 18.9 Å². The van der Waals surface area contributed by atoms with E-state index < -0.39 is 6.04 Å². The van der Waals surface area contributed by atoms with Gasteiger partial charge in [0.05, 0.1) is 6.07 Å². The Bertz CT molecular complexity index is 489. The molecule has 0 radical (unpaired) electrons. The fourth-order valence-electron chi connectivity index (χ4n) is 2.51. The predicted octanol–water partition coefficient (Wildman–Crippen LogP) is 3.60. The number of nitrogens with zero attached hydrogens (tertiary/aromatic N) is 1. The fourth-order valence-corrected chi connectivity index (χ4v) is 2.76. The van der Waals surface area contributed by atoms with E-state index in [-0.39, 0.29) is 11.8 Å². The number of nitriles is 1. The highest BCUT2D eigenvalue weighted by molar-refractivity contribution is 6.31. The number of carbonyl (C=O) groups excluding carboxylic acids is 1. The average molecular weight is 277 g/mol. The Morgan fingerprint density at radius 2 is 2.00 bits per heavy atom. The SMILES string of the molecule is N#CC(NC(=O)C1CCCCC1)c1ccccc1Cl. The lowest BCUT2D eigenvalue weighted by Crippen LogP contribution is -2.34. The van der Waals surface area contributed by atoms with E-state index in [0.717, 1.165) is 25.7 Å². The second-order valence-corrected chi connectivity index (χ2v) is 5.33. The zero-order chi connectivity index (χ0) is 13.7. The number of benzene rings is 1. The zero-order valence-corrected chi connectivity index (χ0v) is 11.5. The van der Waals surface area contributed by atoms with Gasteiger partial charge in [0, 0.05) is 16.5 Å². The smallest absolute Gasteiger partial charge is 0.224 e. The molecule has 3 nitrogen and oxygen atoms in total. The molecule has 1 atom stereocenters. The third-order valence-electron chi connectivity index (χ3n) is 3.61. The van der Waals surface area contributed by atoms with Gasteiger partial charge in [0.15, 0.2) is 0 Å². The van der Waals surface area contributed by atoms with Gasteiger partial charge in [-0.25, -0.2) is 0 Å². The van der Waals surface area contributed by atoms with Gasteiger partial charge in [-0.15, -0.1) is 0 Å². The van der Waals surface area contributed by atoms with Crippen LogP contribution in [0.1, 0.15) is 43.7 Å². The molecule has 19 heavy (non-hydrogen) atoms. The number of hydrogen-bond donors (Lipinski definition) is 1. The van der Waals surface area contributed by atoms with Crippen LogP contribution < -0.4 is 5.32 Å². The van der Waals surface area contributed by atoms with Crippen LogP contribution in [0.3, 0.4) is 0 Å². The molecule has 0 aliphatic heterocycles. The van der Waals surface area contributed by atoms with Crippen LogP contribution in [0.5, 0.6) is 0 Å². The maximum Gasteiger partial charge on any atom is 0.224 e. The standard InChI is InChI=1S/C15H17ClN2O/c16-13-9-5-4-8-12(13)14(10-17)18-15(19)11-6-2-1-3-7-11/h4-5,8-9,11,14H,1-3,6-7H2,(H,18,19). The van der Waals surface area contributed by atoms with Crippen LogP contribution >= 0.6 is 11.6 Å². The van der Waals surface area contributed by atoms with Crippen molar-refractivity contribution in [3.05, 3.63) is 34.9 Å². The van der Waals surface area contributed by atoms with Crippen LogP contribution in [-0.4, -0.2) is 5.91 Å². The minimum atomic E-state index is -0.664. The van der Waals surface area contributed by atoms with E-state index in [1.54, 1.807) is 12.1 Å². The molecule has 0 spiro atoms. The number of nitrogens with one attached hydrogen (secondary N) is 1. The van der Waals surface area contributed by atoms with Gasteiger partial charge >= 0.3 is 0 Å². The number of carbonyl (C=O) groups is 1. The van der Waals surface area contributed by atoms with E-state index >= 15 is 0 Å². The average Bonchev–Trinajstić information content (AvgIpc) is 2.46. The largest absolute Gasteiger partial charge is 0.336 e. The van der Waals surface area contributed by atoms with E-state index in [1.807, 2.05) is 12.1 Å². The summed E-state index contributed by atoms with van der Waals surface area (Å²) >= 11 is 6.06. The highest BCUT2D eigenvalue weighted by Crippen LogP contribution is 2.26. The minimum absolute atomic E-state index is 0.0221. The first kappa shape index (κ1) is 13.9. The van der Waals surface area contributed by atoms with Crippen molar-refractivity contribution < 1.29 is 4.79 Å². The molecule has 1 amide bonds. The molecule has 1 aromatic carbocycles. The molecule has 100 valence electrons. The molecule has 2 rings (SSSR count). The molecule has 0 aromatic heterocycles. The van der Waals surface area contributed by atoms with Crippen molar-refractivity contribution in [2.75, 3.05) is 0 Å². The first-order chi connectivity index (χ1) is 9.22. The molecule has 1 aliphatic carbocycles. The van der Waals surface area contributed by atoms with Crippen molar-refractivity contribution in [3.63, 3.8) is 0 Å². The van der Waals surface area contributed by atoms with Crippen molar-refractivity contribution in [1.29, 1.82) is 5.26 Å². The Labute approximate surface area is 118 Å². The third-order valence-corrected chi connectivity index (χ3v) is 3.95. The molecule has 1 aliphatic rings. The van der Waals surface area contributed by atoms with Crippen molar-refractivity contribution in [1.82, 2.24) is 5.32 Å². The highest BCUT2D eigenvalue weighted by Gasteiger charge is 2.24.